The molecule has 1 heterocycles. The van der Waals surface area contributed by atoms with Crippen LogP contribution in [0.5, 0.6) is 0 Å². The number of anilines is 1. The summed E-state index contributed by atoms with van der Waals surface area (Å²) in [6, 6.07) is 12.9. The molecule has 0 radical (unpaired) electrons. The fraction of sp³-hybridized carbons (Fsp3) is 0.417. The van der Waals surface area contributed by atoms with Gasteiger partial charge < -0.3 is 20.9 Å². The number of amides is 1. The van der Waals surface area contributed by atoms with Gasteiger partial charge in [0.25, 0.3) is 5.91 Å². The van der Waals surface area contributed by atoms with Gasteiger partial charge in [-0.3, -0.25) is 9.79 Å². The van der Waals surface area contributed by atoms with Gasteiger partial charge in [0.2, 0.25) is 0 Å². The molecule has 1 saturated heterocycles. The molecule has 8 heteroatoms. The van der Waals surface area contributed by atoms with E-state index >= 15 is 0 Å². The number of aryl methyl sites for hydroxylation is 1. The lowest BCUT2D eigenvalue weighted by atomic mass is 10.0. The predicted molar refractivity (Wildman–Crippen MR) is 140 cm³/mol. The van der Waals surface area contributed by atoms with Crippen molar-refractivity contribution >= 4 is 41.5 Å². The van der Waals surface area contributed by atoms with E-state index in [2.05, 4.69) is 25.8 Å². The molecule has 0 saturated carbocycles. The van der Waals surface area contributed by atoms with Gasteiger partial charge in [0.1, 0.15) is 5.82 Å². The third-order valence-electron chi connectivity index (χ3n) is 5.61. The van der Waals surface area contributed by atoms with Crippen molar-refractivity contribution in [2.75, 3.05) is 38.6 Å². The maximum atomic E-state index is 13.5. The average Bonchev–Trinajstić information content (AvgIpc) is 2.78. The molecule has 174 valence electrons. The smallest absolute Gasteiger partial charge is 0.251 e. The highest BCUT2D eigenvalue weighted by Gasteiger charge is 2.22. The first kappa shape index (κ1) is 25.9. The Kier molecular flexibility index (Phi) is 10.2. The van der Waals surface area contributed by atoms with Crippen molar-refractivity contribution in [3.8, 4) is 0 Å². The lowest BCUT2D eigenvalue weighted by Crippen LogP contribution is -2.51. The summed E-state index contributed by atoms with van der Waals surface area (Å²) in [5.41, 5.74) is 3.81. The first-order chi connectivity index (χ1) is 15.0. The van der Waals surface area contributed by atoms with Gasteiger partial charge in [0.05, 0.1) is 0 Å². The largest absolute Gasteiger partial charge is 0.369 e. The second-order valence-corrected chi connectivity index (χ2v) is 7.89. The third kappa shape index (κ3) is 7.08. The quantitative estimate of drug-likeness (QED) is 0.291. The summed E-state index contributed by atoms with van der Waals surface area (Å²) in [6.45, 7) is 4.49. The van der Waals surface area contributed by atoms with Gasteiger partial charge in [-0.15, -0.1) is 24.0 Å². The third-order valence-corrected chi connectivity index (χ3v) is 5.61. The molecule has 2 aromatic rings. The summed E-state index contributed by atoms with van der Waals surface area (Å²) in [4.78, 5) is 18.5. The molecule has 0 spiro atoms. The Morgan fingerprint density at radius 3 is 2.78 bits per heavy atom. The summed E-state index contributed by atoms with van der Waals surface area (Å²) in [7, 11) is 3.41. The molecule has 1 aliphatic heterocycles. The Hall–Kier alpha value is -2.36. The first-order valence-electron chi connectivity index (χ1n) is 10.8. The van der Waals surface area contributed by atoms with E-state index in [1.54, 1.807) is 20.2 Å². The highest BCUT2D eigenvalue weighted by molar-refractivity contribution is 14.0. The molecule has 2 aromatic carbocycles. The van der Waals surface area contributed by atoms with Crippen LogP contribution in [0.1, 0.15) is 34.3 Å². The topological polar surface area (TPSA) is 68.8 Å². The zero-order valence-corrected chi connectivity index (χ0v) is 21.3. The molecule has 1 unspecified atom stereocenters. The van der Waals surface area contributed by atoms with Gasteiger partial charge in [0.15, 0.2) is 5.96 Å². The van der Waals surface area contributed by atoms with Crippen LogP contribution in [0.25, 0.3) is 0 Å². The van der Waals surface area contributed by atoms with Gasteiger partial charge in [-0.2, -0.15) is 0 Å². The van der Waals surface area contributed by atoms with E-state index in [1.165, 1.54) is 6.07 Å². The van der Waals surface area contributed by atoms with Crippen LogP contribution < -0.4 is 20.9 Å². The monoisotopic (exact) mass is 553 g/mol. The van der Waals surface area contributed by atoms with E-state index in [0.29, 0.717) is 12.1 Å². The van der Waals surface area contributed by atoms with Gasteiger partial charge in [-0.25, -0.2) is 4.39 Å². The fourth-order valence-corrected chi connectivity index (χ4v) is 4.01. The molecule has 1 amide bonds. The van der Waals surface area contributed by atoms with E-state index in [0.717, 1.165) is 55.1 Å². The number of carbonyl (C=O) groups is 1. The number of benzene rings is 2. The molecule has 0 aromatic heterocycles. The second kappa shape index (κ2) is 12.6. The molecule has 0 aliphatic carbocycles. The number of carbonyl (C=O) groups excluding carboxylic acids is 1. The minimum absolute atomic E-state index is 0. The zero-order valence-electron chi connectivity index (χ0n) is 19.0. The van der Waals surface area contributed by atoms with Crippen LogP contribution in [0.4, 0.5) is 10.1 Å². The summed E-state index contributed by atoms with van der Waals surface area (Å²) in [6.07, 6.45) is 2.92. The number of halogens is 2. The molecular weight excluding hydrogens is 520 g/mol. The van der Waals surface area contributed by atoms with E-state index in [-0.39, 0.29) is 41.7 Å². The Balaban J connectivity index is 0.00000363. The normalized spacial score (nSPS) is 16.2. The number of nitrogens with zero attached hydrogens (tertiary/aromatic N) is 2. The van der Waals surface area contributed by atoms with E-state index in [9.17, 15) is 9.18 Å². The Bertz CT molecular complexity index is 936. The number of hydrogen-bond acceptors (Lipinski definition) is 3. The highest BCUT2D eigenvalue weighted by atomic mass is 127. The molecule has 1 fully saturated rings. The number of rotatable bonds is 6. The van der Waals surface area contributed by atoms with Gasteiger partial charge in [-0.1, -0.05) is 12.1 Å². The number of nitrogens with one attached hydrogen (secondary N) is 3. The van der Waals surface area contributed by atoms with Crippen molar-refractivity contribution < 1.29 is 9.18 Å². The molecule has 1 aliphatic rings. The maximum absolute atomic E-state index is 13.5. The molecule has 1 atom stereocenters. The molecule has 0 bridgehead atoms. The number of guanidine groups is 1. The van der Waals surface area contributed by atoms with Crippen LogP contribution in [0, 0.1) is 12.7 Å². The van der Waals surface area contributed by atoms with Crippen molar-refractivity contribution in [2.24, 2.45) is 4.99 Å². The number of piperidine rings is 1. The maximum Gasteiger partial charge on any atom is 0.251 e. The molecular formula is C24H33FIN5O. The van der Waals surface area contributed by atoms with Crippen molar-refractivity contribution in [1.29, 1.82) is 0 Å². The molecule has 3 N–H and O–H groups in total. The summed E-state index contributed by atoms with van der Waals surface area (Å²) in [5.74, 6) is 0.495. The van der Waals surface area contributed by atoms with Gasteiger partial charge in [-0.05, 0) is 67.6 Å². The van der Waals surface area contributed by atoms with Crippen LogP contribution >= 0.6 is 24.0 Å². The highest BCUT2D eigenvalue weighted by Crippen LogP contribution is 2.24. The van der Waals surface area contributed by atoms with Crippen LogP contribution in [0.3, 0.4) is 0 Å². The van der Waals surface area contributed by atoms with Crippen molar-refractivity contribution in [1.82, 2.24) is 16.0 Å². The fourth-order valence-electron chi connectivity index (χ4n) is 4.01. The molecule has 32 heavy (non-hydrogen) atoms. The standard InChI is InChI=1S/C24H32FN5O.HI/c1-17-14-20(25)9-10-22(17)30-13-5-8-21(16-30)29-24(27-3)28-12-11-18-6-4-7-19(15-18)23(31)26-2;/h4,6-7,9-10,14-15,21H,5,8,11-13,16H2,1-3H3,(H,26,31)(H2,27,28,29);1H. The van der Waals surface area contributed by atoms with Crippen molar-refractivity contribution in [3.05, 3.63) is 65.0 Å². The van der Waals surface area contributed by atoms with Crippen LogP contribution in [0.2, 0.25) is 0 Å². The first-order valence-corrected chi connectivity index (χ1v) is 10.8. The molecule has 6 nitrogen and oxygen atoms in total. The van der Waals surface area contributed by atoms with Crippen molar-refractivity contribution in [2.45, 2.75) is 32.2 Å². The average molecular weight is 553 g/mol. The van der Waals surface area contributed by atoms with E-state index < -0.39 is 0 Å². The lowest BCUT2D eigenvalue weighted by molar-refractivity contribution is 0.0963. The zero-order chi connectivity index (χ0) is 22.2. The Morgan fingerprint density at radius 2 is 2.06 bits per heavy atom. The Labute approximate surface area is 207 Å². The van der Waals surface area contributed by atoms with Gasteiger partial charge >= 0.3 is 0 Å². The summed E-state index contributed by atoms with van der Waals surface area (Å²) < 4.78 is 13.5. The predicted octanol–water partition coefficient (Wildman–Crippen LogP) is 3.49. The SMILES string of the molecule is CN=C(NCCc1cccc(C(=O)NC)c1)NC1CCCN(c2ccc(F)cc2C)C1.I. The van der Waals surface area contributed by atoms with Gasteiger partial charge in [0, 0.05) is 51.0 Å². The summed E-state index contributed by atoms with van der Waals surface area (Å²) >= 11 is 0. The van der Waals surface area contributed by atoms with Crippen LogP contribution in [0.15, 0.2) is 47.5 Å². The second-order valence-electron chi connectivity index (χ2n) is 7.89. The van der Waals surface area contributed by atoms with E-state index in [4.69, 9.17) is 0 Å². The summed E-state index contributed by atoms with van der Waals surface area (Å²) in [5, 5.41) is 9.54. The molecule has 3 rings (SSSR count). The van der Waals surface area contributed by atoms with Crippen molar-refractivity contribution in [3.63, 3.8) is 0 Å². The lowest BCUT2D eigenvalue weighted by Gasteiger charge is -2.36. The minimum Gasteiger partial charge on any atom is -0.369 e. The van der Waals surface area contributed by atoms with Crippen LogP contribution in [-0.2, 0) is 6.42 Å². The Morgan fingerprint density at radius 1 is 1.25 bits per heavy atom. The van der Waals surface area contributed by atoms with Crippen LogP contribution in [-0.4, -0.2) is 51.6 Å². The van der Waals surface area contributed by atoms with E-state index in [1.807, 2.05) is 37.3 Å². The minimum atomic E-state index is -0.196. The number of aliphatic imine (C=N–C) groups is 1. The number of hydrogen-bond donors (Lipinski definition) is 3.